The molecule has 0 saturated heterocycles. The number of hydrogen-bond acceptors (Lipinski definition) is 7. The van der Waals surface area contributed by atoms with Crippen LogP contribution in [-0.2, 0) is 9.53 Å². The van der Waals surface area contributed by atoms with Crippen LogP contribution in [0.15, 0.2) is 54.6 Å². The lowest BCUT2D eigenvalue weighted by Crippen LogP contribution is -2.25. The van der Waals surface area contributed by atoms with Gasteiger partial charge in [-0.2, -0.15) is 0 Å². The molecule has 0 aromatic heterocycles. The predicted octanol–water partition coefficient (Wildman–Crippen LogP) is 2.49. The highest BCUT2D eigenvalue weighted by molar-refractivity contribution is 6.10. The van der Waals surface area contributed by atoms with E-state index in [9.17, 15) is 19.8 Å². The van der Waals surface area contributed by atoms with Gasteiger partial charge in [0.05, 0.1) is 12.7 Å². The van der Waals surface area contributed by atoms with Crippen molar-refractivity contribution in [1.82, 2.24) is 0 Å². The molecule has 0 saturated carbocycles. The van der Waals surface area contributed by atoms with Gasteiger partial charge in [-0.25, -0.2) is 4.79 Å². The summed E-state index contributed by atoms with van der Waals surface area (Å²) in [5.41, 5.74) is 0.753. The number of rotatable bonds is 9. The Labute approximate surface area is 162 Å². The molecule has 0 heterocycles. The third-order valence-corrected chi connectivity index (χ3v) is 3.76. The summed E-state index contributed by atoms with van der Waals surface area (Å²) < 4.78 is 15.2. The van der Waals surface area contributed by atoms with E-state index in [1.165, 1.54) is 32.2 Å². The van der Waals surface area contributed by atoms with Gasteiger partial charge in [-0.3, -0.25) is 4.79 Å². The number of benzene rings is 2. The zero-order valence-electron chi connectivity index (χ0n) is 15.7. The molecule has 2 aromatic carbocycles. The number of methoxy groups -OCH3 is 1. The fourth-order valence-corrected chi connectivity index (χ4v) is 2.23. The first-order chi connectivity index (χ1) is 13.3. The second kappa shape index (κ2) is 9.57. The number of ketones is 1. The molecule has 2 rings (SSSR count). The van der Waals surface area contributed by atoms with Crippen molar-refractivity contribution < 1.29 is 34.0 Å². The maximum Gasteiger partial charge on any atom is 0.333 e. The van der Waals surface area contributed by atoms with Gasteiger partial charge in [-0.15, -0.1) is 0 Å². The van der Waals surface area contributed by atoms with Gasteiger partial charge in [0.1, 0.15) is 36.6 Å². The Morgan fingerprint density at radius 2 is 1.71 bits per heavy atom. The standard InChI is InChI=1S/C21H22O7/c1-13(2)21(25)28-12-15(22)11-27-17-8-9-18(19(23)10-17)20(24)14-4-6-16(26-3)7-5-14/h4-10,15,22-23H,1,11-12H2,2-3H3. The number of aliphatic hydroxyl groups is 1. The van der Waals surface area contributed by atoms with Crippen LogP contribution in [0.2, 0.25) is 0 Å². The number of carbonyl (C=O) groups excluding carboxylic acids is 2. The number of aliphatic hydroxyl groups excluding tert-OH is 1. The molecule has 1 unspecified atom stereocenters. The first kappa shape index (κ1) is 21.0. The van der Waals surface area contributed by atoms with Gasteiger partial charge in [-0.1, -0.05) is 6.58 Å². The highest BCUT2D eigenvalue weighted by Crippen LogP contribution is 2.26. The minimum Gasteiger partial charge on any atom is -0.507 e. The summed E-state index contributed by atoms with van der Waals surface area (Å²) in [7, 11) is 1.53. The molecule has 0 aliphatic carbocycles. The molecule has 0 aliphatic rings. The molecular weight excluding hydrogens is 364 g/mol. The van der Waals surface area contributed by atoms with E-state index in [0.717, 1.165) is 0 Å². The maximum atomic E-state index is 12.5. The minimum atomic E-state index is -1.05. The SMILES string of the molecule is C=C(C)C(=O)OCC(O)COc1ccc(C(=O)c2ccc(OC)cc2)c(O)c1. The van der Waals surface area contributed by atoms with Crippen LogP contribution in [0.5, 0.6) is 17.2 Å². The molecule has 7 heteroatoms. The summed E-state index contributed by atoms with van der Waals surface area (Å²) in [6.45, 7) is 4.54. The summed E-state index contributed by atoms with van der Waals surface area (Å²) in [5.74, 6) is -0.316. The van der Waals surface area contributed by atoms with E-state index in [4.69, 9.17) is 14.2 Å². The fourth-order valence-electron chi connectivity index (χ4n) is 2.23. The van der Waals surface area contributed by atoms with Gasteiger partial charge in [0, 0.05) is 17.2 Å². The molecule has 2 aromatic rings. The van der Waals surface area contributed by atoms with Crippen molar-refractivity contribution in [2.75, 3.05) is 20.3 Å². The third-order valence-electron chi connectivity index (χ3n) is 3.76. The van der Waals surface area contributed by atoms with E-state index in [1.54, 1.807) is 24.3 Å². The Morgan fingerprint density at radius 3 is 2.29 bits per heavy atom. The predicted molar refractivity (Wildman–Crippen MR) is 102 cm³/mol. The monoisotopic (exact) mass is 386 g/mol. The van der Waals surface area contributed by atoms with Crippen molar-refractivity contribution in [2.45, 2.75) is 13.0 Å². The van der Waals surface area contributed by atoms with Crippen molar-refractivity contribution in [3.05, 3.63) is 65.7 Å². The Bertz CT molecular complexity index is 856. The number of carbonyl (C=O) groups is 2. The van der Waals surface area contributed by atoms with Crippen molar-refractivity contribution in [3.8, 4) is 17.2 Å². The lowest BCUT2D eigenvalue weighted by molar-refractivity contribution is -0.142. The molecule has 28 heavy (non-hydrogen) atoms. The first-order valence-corrected chi connectivity index (χ1v) is 8.47. The molecule has 0 aliphatic heterocycles. The van der Waals surface area contributed by atoms with Crippen LogP contribution < -0.4 is 9.47 Å². The zero-order valence-corrected chi connectivity index (χ0v) is 15.7. The Kier molecular flexibility index (Phi) is 7.17. The van der Waals surface area contributed by atoms with Crippen molar-refractivity contribution >= 4 is 11.8 Å². The van der Waals surface area contributed by atoms with Crippen LogP contribution in [-0.4, -0.2) is 48.4 Å². The number of esters is 1. The molecule has 7 nitrogen and oxygen atoms in total. The van der Waals surface area contributed by atoms with Crippen LogP contribution in [0.25, 0.3) is 0 Å². The number of phenolic OH excluding ortho intramolecular Hbond substituents is 1. The van der Waals surface area contributed by atoms with Crippen LogP contribution in [0.1, 0.15) is 22.8 Å². The van der Waals surface area contributed by atoms with Gasteiger partial charge in [0.15, 0.2) is 5.78 Å². The molecule has 0 fully saturated rings. The van der Waals surface area contributed by atoms with Gasteiger partial charge in [0.2, 0.25) is 0 Å². The van der Waals surface area contributed by atoms with Crippen LogP contribution in [0.3, 0.4) is 0 Å². The third kappa shape index (κ3) is 5.59. The number of hydrogen-bond donors (Lipinski definition) is 2. The second-order valence-electron chi connectivity index (χ2n) is 6.08. The van der Waals surface area contributed by atoms with Gasteiger partial charge in [0.25, 0.3) is 0 Å². The maximum absolute atomic E-state index is 12.5. The summed E-state index contributed by atoms with van der Waals surface area (Å²) >= 11 is 0. The zero-order chi connectivity index (χ0) is 20.7. The van der Waals surface area contributed by atoms with Gasteiger partial charge >= 0.3 is 5.97 Å². The Balaban J connectivity index is 1.96. The second-order valence-corrected chi connectivity index (χ2v) is 6.08. The average Bonchev–Trinajstić information content (AvgIpc) is 2.70. The molecule has 0 amide bonds. The van der Waals surface area contributed by atoms with Gasteiger partial charge < -0.3 is 24.4 Å². The largest absolute Gasteiger partial charge is 0.507 e. The molecule has 0 radical (unpaired) electrons. The quantitative estimate of drug-likeness (QED) is 0.388. The van der Waals surface area contributed by atoms with E-state index in [0.29, 0.717) is 11.3 Å². The van der Waals surface area contributed by atoms with E-state index in [-0.39, 0.29) is 41.6 Å². The molecule has 2 N–H and O–H groups in total. The van der Waals surface area contributed by atoms with Crippen molar-refractivity contribution in [1.29, 1.82) is 0 Å². The number of aromatic hydroxyl groups is 1. The number of ether oxygens (including phenoxy) is 3. The van der Waals surface area contributed by atoms with Crippen molar-refractivity contribution in [2.24, 2.45) is 0 Å². The Hall–Kier alpha value is -3.32. The van der Waals surface area contributed by atoms with E-state index in [2.05, 4.69) is 6.58 Å². The topological polar surface area (TPSA) is 102 Å². The van der Waals surface area contributed by atoms with E-state index >= 15 is 0 Å². The van der Waals surface area contributed by atoms with E-state index < -0.39 is 12.1 Å². The normalized spacial score (nSPS) is 11.4. The molecule has 148 valence electrons. The highest BCUT2D eigenvalue weighted by Gasteiger charge is 2.15. The van der Waals surface area contributed by atoms with Crippen LogP contribution >= 0.6 is 0 Å². The average molecular weight is 386 g/mol. The highest BCUT2D eigenvalue weighted by atomic mass is 16.5. The van der Waals surface area contributed by atoms with Gasteiger partial charge in [-0.05, 0) is 43.3 Å². The van der Waals surface area contributed by atoms with Crippen LogP contribution in [0, 0.1) is 0 Å². The Morgan fingerprint density at radius 1 is 1.07 bits per heavy atom. The minimum absolute atomic E-state index is 0.119. The summed E-state index contributed by atoms with van der Waals surface area (Å²) in [6.07, 6.45) is -1.05. The smallest absolute Gasteiger partial charge is 0.333 e. The van der Waals surface area contributed by atoms with Crippen molar-refractivity contribution in [3.63, 3.8) is 0 Å². The fraction of sp³-hybridized carbons (Fsp3) is 0.238. The van der Waals surface area contributed by atoms with Crippen LogP contribution in [0.4, 0.5) is 0 Å². The summed E-state index contributed by atoms with van der Waals surface area (Å²) in [6, 6.07) is 10.7. The molecular formula is C21H22O7. The summed E-state index contributed by atoms with van der Waals surface area (Å²) in [4.78, 5) is 23.8. The lowest BCUT2D eigenvalue weighted by atomic mass is 10.0. The first-order valence-electron chi connectivity index (χ1n) is 8.47. The molecule has 0 bridgehead atoms. The summed E-state index contributed by atoms with van der Waals surface area (Å²) in [5, 5.41) is 19.9. The molecule has 1 atom stereocenters. The molecule has 0 spiro atoms. The number of phenols is 1. The lowest BCUT2D eigenvalue weighted by Gasteiger charge is -2.13. The van der Waals surface area contributed by atoms with E-state index in [1.807, 2.05) is 0 Å².